The van der Waals surface area contributed by atoms with E-state index in [1.54, 1.807) is 24.3 Å². The maximum atomic E-state index is 13.2. The molecule has 0 fully saturated rings. The van der Waals surface area contributed by atoms with Gasteiger partial charge in [0.05, 0.1) is 5.92 Å². The number of nitrogens with two attached hydrogens (primary N) is 2. The van der Waals surface area contributed by atoms with E-state index < -0.39 is 5.92 Å². The van der Waals surface area contributed by atoms with Crippen LogP contribution in [0.5, 0.6) is 0 Å². The lowest BCUT2D eigenvalue weighted by molar-refractivity contribution is -0.116. The molecular formula is C29H26N4O2. The first-order chi connectivity index (χ1) is 16.8. The molecule has 1 atom stereocenters. The minimum atomic E-state index is -0.484. The molecule has 0 aliphatic heterocycles. The SMILES string of the molecule is Cc1cc(NC(=O)c2ccc3cccc4c3c2C=CC4C(=O)Nc2ccc(N)c(C)c2)ccc1N. The van der Waals surface area contributed by atoms with Crippen molar-refractivity contribution >= 4 is 51.4 Å². The van der Waals surface area contributed by atoms with Crippen LogP contribution in [0.1, 0.15) is 38.5 Å². The normalized spacial score (nSPS) is 14.1. The minimum absolute atomic E-state index is 0.143. The Labute approximate surface area is 203 Å². The third-order valence-electron chi connectivity index (χ3n) is 6.50. The van der Waals surface area contributed by atoms with Gasteiger partial charge in [0.25, 0.3) is 5.91 Å². The fraction of sp³-hybridized carbons (Fsp3) is 0.103. The van der Waals surface area contributed by atoms with Crippen molar-refractivity contribution < 1.29 is 9.59 Å². The first-order valence-corrected chi connectivity index (χ1v) is 11.4. The molecule has 1 unspecified atom stereocenters. The molecule has 0 saturated heterocycles. The maximum Gasteiger partial charge on any atom is 0.256 e. The van der Waals surface area contributed by atoms with E-state index >= 15 is 0 Å². The molecule has 0 spiro atoms. The Morgan fingerprint density at radius 2 is 1.46 bits per heavy atom. The summed E-state index contributed by atoms with van der Waals surface area (Å²) in [5, 5.41) is 7.85. The Hall–Kier alpha value is -4.58. The summed E-state index contributed by atoms with van der Waals surface area (Å²) in [6, 6.07) is 20.5. The first-order valence-electron chi connectivity index (χ1n) is 11.4. The number of hydrogen-bond donors (Lipinski definition) is 4. The minimum Gasteiger partial charge on any atom is -0.399 e. The summed E-state index contributed by atoms with van der Waals surface area (Å²) in [5.74, 6) is -0.844. The molecule has 0 saturated carbocycles. The molecule has 6 N–H and O–H groups in total. The first kappa shape index (κ1) is 22.2. The third kappa shape index (κ3) is 4.10. The van der Waals surface area contributed by atoms with Crippen LogP contribution in [-0.4, -0.2) is 11.8 Å². The molecule has 0 aromatic heterocycles. The van der Waals surface area contributed by atoms with Crippen molar-refractivity contribution in [3.8, 4) is 0 Å². The highest BCUT2D eigenvalue weighted by Gasteiger charge is 2.26. The quantitative estimate of drug-likeness (QED) is 0.295. The maximum absolute atomic E-state index is 13.2. The smallest absolute Gasteiger partial charge is 0.256 e. The number of nitrogens with one attached hydrogen (secondary N) is 2. The van der Waals surface area contributed by atoms with Crippen LogP contribution in [0.25, 0.3) is 16.8 Å². The molecule has 174 valence electrons. The average molecular weight is 463 g/mol. The van der Waals surface area contributed by atoms with E-state index in [0.717, 1.165) is 33.0 Å². The van der Waals surface area contributed by atoms with Gasteiger partial charge in [-0.05, 0) is 89.3 Å². The summed E-state index contributed by atoms with van der Waals surface area (Å²) in [6.45, 7) is 3.80. The molecule has 0 bridgehead atoms. The van der Waals surface area contributed by atoms with Crippen molar-refractivity contribution in [2.45, 2.75) is 19.8 Å². The van der Waals surface area contributed by atoms with Gasteiger partial charge < -0.3 is 22.1 Å². The number of benzene rings is 4. The van der Waals surface area contributed by atoms with Crippen LogP contribution < -0.4 is 22.1 Å². The Bertz CT molecular complexity index is 1540. The Balaban J connectivity index is 1.49. The van der Waals surface area contributed by atoms with Crippen molar-refractivity contribution in [3.05, 3.63) is 101 Å². The predicted octanol–water partition coefficient (Wildman–Crippen LogP) is 5.62. The van der Waals surface area contributed by atoms with E-state index in [2.05, 4.69) is 10.6 Å². The summed E-state index contributed by atoms with van der Waals surface area (Å²) < 4.78 is 0. The fourth-order valence-electron chi connectivity index (χ4n) is 4.52. The van der Waals surface area contributed by atoms with E-state index in [-0.39, 0.29) is 11.8 Å². The summed E-state index contributed by atoms with van der Waals surface area (Å²) in [6.07, 6.45) is 3.72. The Kier molecular flexibility index (Phi) is 5.49. The Morgan fingerprint density at radius 3 is 2.11 bits per heavy atom. The number of carbonyl (C=O) groups is 2. The van der Waals surface area contributed by atoms with Gasteiger partial charge in [-0.2, -0.15) is 0 Å². The monoisotopic (exact) mass is 462 g/mol. The second-order valence-corrected chi connectivity index (χ2v) is 8.90. The van der Waals surface area contributed by atoms with Crippen molar-refractivity contribution in [3.63, 3.8) is 0 Å². The van der Waals surface area contributed by atoms with Gasteiger partial charge in [0.15, 0.2) is 0 Å². The lowest BCUT2D eigenvalue weighted by atomic mass is 9.83. The number of carbonyl (C=O) groups excluding carboxylic acids is 2. The van der Waals surface area contributed by atoms with Gasteiger partial charge in [0, 0.05) is 28.3 Å². The summed E-state index contributed by atoms with van der Waals surface area (Å²) in [5.41, 5.74) is 18.5. The summed E-state index contributed by atoms with van der Waals surface area (Å²) >= 11 is 0. The van der Waals surface area contributed by atoms with Gasteiger partial charge in [-0.1, -0.05) is 36.4 Å². The molecule has 1 aliphatic carbocycles. The summed E-state index contributed by atoms with van der Waals surface area (Å²) in [4.78, 5) is 26.5. The van der Waals surface area contributed by atoms with E-state index in [1.165, 1.54) is 0 Å². The van der Waals surface area contributed by atoms with E-state index in [4.69, 9.17) is 11.5 Å². The molecule has 6 heteroatoms. The van der Waals surface area contributed by atoms with E-state index in [9.17, 15) is 9.59 Å². The highest BCUT2D eigenvalue weighted by Crippen LogP contribution is 2.37. The zero-order valence-corrected chi connectivity index (χ0v) is 19.6. The van der Waals surface area contributed by atoms with Gasteiger partial charge in [0.1, 0.15) is 0 Å². The summed E-state index contributed by atoms with van der Waals surface area (Å²) in [7, 11) is 0. The number of hydrogen-bond acceptors (Lipinski definition) is 4. The second kappa shape index (κ2) is 8.65. The molecule has 4 aromatic rings. The number of rotatable bonds is 4. The third-order valence-corrected chi connectivity index (χ3v) is 6.50. The molecule has 1 aliphatic rings. The lowest BCUT2D eigenvalue weighted by Crippen LogP contribution is -2.22. The van der Waals surface area contributed by atoms with E-state index in [1.807, 2.05) is 68.5 Å². The largest absolute Gasteiger partial charge is 0.399 e. The highest BCUT2D eigenvalue weighted by atomic mass is 16.2. The van der Waals surface area contributed by atoms with Crippen LogP contribution >= 0.6 is 0 Å². The number of amides is 2. The van der Waals surface area contributed by atoms with Gasteiger partial charge >= 0.3 is 0 Å². The van der Waals surface area contributed by atoms with Gasteiger partial charge in [-0.25, -0.2) is 0 Å². The van der Waals surface area contributed by atoms with Crippen molar-refractivity contribution in [1.29, 1.82) is 0 Å². The molecule has 0 radical (unpaired) electrons. The van der Waals surface area contributed by atoms with Gasteiger partial charge in [0.2, 0.25) is 5.91 Å². The molecule has 35 heavy (non-hydrogen) atoms. The topological polar surface area (TPSA) is 110 Å². The molecule has 4 aromatic carbocycles. The fourth-order valence-corrected chi connectivity index (χ4v) is 4.52. The van der Waals surface area contributed by atoms with Crippen molar-refractivity contribution in [1.82, 2.24) is 0 Å². The molecular weight excluding hydrogens is 436 g/mol. The molecule has 6 nitrogen and oxygen atoms in total. The lowest BCUT2D eigenvalue weighted by Gasteiger charge is -2.22. The van der Waals surface area contributed by atoms with E-state index in [0.29, 0.717) is 28.3 Å². The van der Waals surface area contributed by atoms with Crippen LogP contribution in [0.2, 0.25) is 0 Å². The number of aryl methyl sites for hydroxylation is 2. The number of nitrogen functional groups attached to an aromatic ring is 2. The van der Waals surface area contributed by atoms with Crippen LogP contribution in [-0.2, 0) is 4.79 Å². The number of anilines is 4. The van der Waals surface area contributed by atoms with Gasteiger partial charge in [-0.3, -0.25) is 9.59 Å². The van der Waals surface area contributed by atoms with Crippen molar-refractivity contribution in [2.75, 3.05) is 22.1 Å². The average Bonchev–Trinajstić information content (AvgIpc) is 2.84. The Morgan fingerprint density at radius 1 is 0.800 bits per heavy atom. The van der Waals surface area contributed by atoms with Crippen LogP contribution in [0.3, 0.4) is 0 Å². The van der Waals surface area contributed by atoms with Gasteiger partial charge in [-0.15, -0.1) is 0 Å². The zero-order valence-electron chi connectivity index (χ0n) is 19.6. The van der Waals surface area contributed by atoms with Crippen LogP contribution in [0.4, 0.5) is 22.7 Å². The van der Waals surface area contributed by atoms with Crippen LogP contribution in [0, 0.1) is 13.8 Å². The molecule has 2 amide bonds. The van der Waals surface area contributed by atoms with Crippen LogP contribution in [0.15, 0.2) is 72.8 Å². The second-order valence-electron chi connectivity index (χ2n) is 8.90. The standard InChI is InChI=1S/C29H26N4O2/c1-16-14-19(7-12-25(16)30)32-28(34)23-9-6-18-4-3-5-21-24(11-10-22(23)27(18)21)29(35)33-20-8-13-26(31)17(2)15-20/h3-15,24H,30-31H2,1-2H3,(H,32,34)(H,33,35). The molecule has 0 heterocycles. The molecule has 5 rings (SSSR count). The zero-order chi connectivity index (χ0) is 24.7. The predicted molar refractivity (Wildman–Crippen MR) is 143 cm³/mol. The highest BCUT2D eigenvalue weighted by molar-refractivity contribution is 6.13. The van der Waals surface area contributed by atoms with Crippen molar-refractivity contribution in [2.24, 2.45) is 0 Å².